The number of carbonyl (C=O) groups is 1. The van der Waals surface area contributed by atoms with Crippen LogP contribution in [-0.4, -0.2) is 65.8 Å². The third-order valence-corrected chi connectivity index (χ3v) is 6.78. The SMILES string of the molecule is Cc1ccnc(N[C@@H]2CS(=O)(=O)C[C@H]2C(=O)N2CCC(C)C(F)(F)C2)n1. The highest BCUT2D eigenvalue weighted by Gasteiger charge is 2.48. The monoisotopic (exact) mass is 388 g/mol. The Bertz CT molecular complexity index is 802. The van der Waals surface area contributed by atoms with Crippen molar-refractivity contribution < 1.29 is 22.0 Å². The van der Waals surface area contributed by atoms with Gasteiger partial charge in [0.05, 0.1) is 30.0 Å². The third kappa shape index (κ3) is 3.94. The molecule has 3 atom stereocenters. The summed E-state index contributed by atoms with van der Waals surface area (Å²) in [7, 11) is -3.45. The molecule has 10 heteroatoms. The summed E-state index contributed by atoms with van der Waals surface area (Å²) in [5, 5.41) is 2.90. The van der Waals surface area contributed by atoms with Crippen molar-refractivity contribution in [3.05, 3.63) is 18.0 Å². The van der Waals surface area contributed by atoms with E-state index < -0.39 is 46.1 Å². The molecule has 1 N–H and O–H groups in total. The van der Waals surface area contributed by atoms with E-state index in [4.69, 9.17) is 0 Å². The molecule has 1 aromatic heterocycles. The number of hydrogen-bond donors (Lipinski definition) is 1. The Kier molecular flexibility index (Phi) is 4.89. The van der Waals surface area contributed by atoms with Gasteiger partial charge in [0, 0.05) is 24.4 Å². The average molecular weight is 388 g/mol. The molecule has 1 aromatic rings. The number of halogens is 2. The molecule has 0 aromatic carbocycles. The molecule has 26 heavy (non-hydrogen) atoms. The second-order valence-corrected chi connectivity index (χ2v) is 9.32. The third-order valence-electron chi connectivity index (χ3n) is 5.05. The van der Waals surface area contributed by atoms with Gasteiger partial charge in [0.2, 0.25) is 11.9 Å². The zero-order valence-corrected chi connectivity index (χ0v) is 15.5. The quantitative estimate of drug-likeness (QED) is 0.834. The van der Waals surface area contributed by atoms with Gasteiger partial charge in [-0.15, -0.1) is 0 Å². The second-order valence-electron chi connectivity index (χ2n) is 7.17. The molecular formula is C16H22F2N4O3S. The van der Waals surface area contributed by atoms with Crippen LogP contribution in [0.5, 0.6) is 0 Å². The van der Waals surface area contributed by atoms with Gasteiger partial charge < -0.3 is 10.2 Å². The van der Waals surface area contributed by atoms with Gasteiger partial charge in [-0.1, -0.05) is 6.92 Å². The van der Waals surface area contributed by atoms with Crippen LogP contribution in [0.4, 0.5) is 14.7 Å². The van der Waals surface area contributed by atoms with Gasteiger partial charge in [-0.05, 0) is 19.4 Å². The van der Waals surface area contributed by atoms with Crippen molar-refractivity contribution in [3.8, 4) is 0 Å². The minimum absolute atomic E-state index is 0.192. The second kappa shape index (κ2) is 6.71. The number of rotatable bonds is 3. The Morgan fingerprint density at radius 3 is 2.77 bits per heavy atom. The molecule has 2 aliphatic rings. The molecule has 0 bridgehead atoms. The fraction of sp³-hybridized carbons (Fsp3) is 0.688. The number of carbonyl (C=O) groups excluding carboxylic acids is 1. The van der Waals surface area contributed by atoms with Gasteiger partial charge in [-0.25, -0.2) is 27.2 Å². The molecular weight excluding hydrogens is 366 g/mol. The van der Waals surface area contributed by atoms with Gasteiger partial charge in [-0.3, -0.25) is 4.79 Å². The molecule has 3 rings (SSSR count). The van der Waals surface area contributed by atoms with Gasteiger partial charge in [0.1, 0.15) is 0 Å². The van der Waals surface area contributed by atoms with Crippen LogP contribution in [0.25, 0.3) is 0 Å². The Labute approximate surface area is 151 Å². The highest BCUT2D eigenvalue weighted by molar-refractivity contribution is 7.91. The maximum Gasteiger partial charge on any atom is 0.267 e. The standard InChI is InChI=1S/C16H22F2N4O3S/c1-10-4-6-22(9-16(10,17)18)14(23)12-7-26(24,25)8-13(12)21-15-19-5-3-11(2)20-15/h3,5,10,12-13H,4,6-9H2,1-2H3,(H,19,20,21)/t10?,12-,13-/m1/s1. The molecule has 3 heterocycles. The minimum atomic E-state index is -3.45. The Morgan fingerprint density at radius 2 is 2.12 bits per heavy atom. The van der Waals surface area contributed by atoms with Crippen LogP contribution in [-0.2, 0) is 14.6 Å². The zero-order chi connectivity index (χ0) is 19.1. The van der Waals surface area contributed by atoms with E-state index in [0.29, 0.717) is 5.69 Å². The number of nitrogens with one attached hydrogen (secondary N) is 1. The van der Waals surface area contributed by atoms with E-state index in [9.17, 15) is 22.0 Å². The smallest absolute Gasteiger partial charge is 0.267 e. The van der Waals surface area contributed by atoms with Crippen LogP contribution < -0.4 is 5.32 Å². The van der Waals surface area contributed by atoms with E-state index in [0.717, 1.165) is 4.90 Å². The predicted molar refractivity (Wildman–Crippen MR) is 91.6 cm³/mol. The Morgan fingerprint density at radius 1 is 1.38 bits per heavy atom. The fourth-order valence-electron chi connectivity index (χ4n) is 3.39. The summed E-state index contributed by atoms with van der Waals surface area (Å²) in [5.41, 5.74) is 0.691. The lowest BCUT2D eigenvalue weighted by molar-refractivity contribution is -0.152. The van der Waals surface area contributed by atoms with E-state index in [-0.39, 0.29) is 30.4 Å². The first-order chi connectivity index (χ1) is 12.1. The Balaban J connectivity index is 1.78. The molecule has 0 saturated carbocycles. The molecule has 7 nitrogen and oxygen atoms in total. The normalized spacial score (nSPS) is 30.2. The highest BCUT2D eigenvalue weighted by atomic mass is 32.2. The first kappa shape index (κ1) is 18.9. The van der Waals surface area contributed by atoms with Crippen LogP contribution in [0.15, 0.2) is 12.3 Å². The molecule has 2 saturated heterocycles. The largest absolute Gasteiger partial charge is 0.350 e. The number of anilines is 1. The van der Waals surface area contributed by atoms with Crippen molar-refractivity contribution in [2.24, 2.45) is 11.8 Å². The van der Waals surface area contributed by atoms with Crippen molar-refractivity contribution in [1.82, 2.24) is 14.9 Å². The minimum Gasteiger partial charge on any atom is -0.350 e. The summed E-state index contributed by atoms with van der Waals surface area (Å²) in [5.74, 6) is -5.62. The van der Waals surface area contributed by atoms with E-state index in [2.05, 4.69) is 15.3 Å². The highest BCUT2D eigenvalue weighted by Crippen LogP contribution is 2.34. The van der Waals surface area contributed by atoms with Crippen LogP contribution in [0, 0.1) is 18.8 Å². The number of aryl methyl sites for hydroxylation is 1. The maximum atomic E-state index is 14.0. The van der Waals surface area contributed by atoms with Gasteiger partial charge in [-0.2, -0.15) is 0 Å². The number of sulfone groups is 1. The average Bonchev–Trinajstić information content (AvgIpc) is 2.84. The number of alkyl halides is 2. The molecule has 1 amide bonds. The van der Waals surface area contributed by atoms with Crippen LogP contribution in [0.2, 0.25) is 0 Å². The number of amides is 1. The van der Waals surface area contributed by atoms with Crippen molar-refractivity contribution in [2.75, 3.05) is 29.9 Å². The Hall–Kier alpha value is -1.84. The summed E-state index contributed by atoms with van der Waals surface area (Å²) in [6.07, 6.45) is 1.72. The number of hydrogen-bond acceptors (Lipinski definition) is 6. The first-order valence-electron chi connectivity index (χ1n) is 8.50. The number of likely N-dealkylation sites (tertiary alicyclic amines) is 1. The lowest BCUT2D eigenvalue weighted by atomic mass is 9.93. The van der Waals surface area contributed by atoms with Crippen molar-refractivity contribution in [1.29, 1.82) is 0 Å². The maximum absolute atomic E-state index is 14.0. The predicted octanol–water partition coefficient (Wildman–Crippen LogP) is 1.11. The lowest BCUT2D eigenvalue weighted by Gasteiger charge is -2.38. The topological polar surface area (TPSA) is 92.3 Å². The van der Waals surface area contributed by atoms with Crippen LogP contribution in [0.1, 0.15) is 19.0 Å². The first-order valence-corrected chi connectivity index (χ1v) is 10.3. The molecule has 1 unspecified atom stereocenters. The van der Waals surface area contributed by atoms with Gasteiger partial charge in [0.15, 0.2) is 9.84 Å². The van der Waals surface area contributed by atoms with Crippen molar-refractivity contribution in [2.45, 2.75) is 32.2 Å². The van der Waals surface area contributed by atoms with E-state index in [1.54, 1.807) is 13.0 Å². The molecule has 2 fully saturated rings. The number of aromatic nitrogens is 2. The van der Waals surface area contributed by atoms with Crippen LogP contribution >= 0.6 is 0 Å². The summed E-state index contributed by atoms with van der Waals surface area (Å²) in [6, 6.07) is 0.957. The molecule has 144 valence electrons. The summed E-state index contributed by atoms with van der Waals surface area (Å²) >= 11 is 0. The molecule has 0 radical (unpaired) electrons. The zero-order valence-electron chi connectivity index (χ0n) is 14.7. The summed E-state index contributed by atoms with van der Waals surface area (Å²) < 4.78 is 52.1. The van der Waals surface area contributed by atoms with E-state index in [1.165, 1.54) is 13.1 Å². The summed E-state index contributed by atoms with van der Waals surface area (Å²) in [6.45, 7) is 2.76. The van der Waals surface area contributed by atoms with Gasteiger partial charge in [0.25, 0.3) is 5.92 Å². The van der Waals surface area contributed by atoms with Gasteiger partial charge >= 0.3 is 0 Å². The van der Waals surface area contributed by atoms with Crippen molar-refractivity contribution >= 4 is 21.7 Å². The fourth-order valence-corrected chi connectivity index (χ4v) is 5.31. The van der Waals surface area contributed by atoms with Crippen LogP contribution in [0.3, 0.4) is 0 Å². The number of nitrogens with zero attached hydrogens (tertiary/aromatic N) is 3. The molecule has 2 aliphatic heterocycles. The number of piperidine rings is 1. The van der Waals surface area contributed by atoms with Crippen molar-refractivity contribution in [3.63, 3.8) is 0 Å². The lowest BCUT2D eigenvalue weighted by Crippen LogP contribution is -2.53. The van der Waals surface area contributed by atoms with E-state index >= 15 is 0 Å². The summed E-state index contributed by atoms with van der Waals surface area (Å²) in [4.78, 5) is 22.1. The molecule has 0 spiro atoms. The molecule has 0 aliphatic carbocycles. The van der Waals surface area contributed by atoms with E-state index in [1.807, 2.05) is 0 Å².